The first-order chi connectivity index (χ1) is 13.2. The summed E-state index contributed by atoms with van der Waals surface area (Å²) in [6, 6.07) is 24.9. The van der Waals surface area contributed by atoms with Crippen molar-refractivity contribution in [2.75, 3.05) is 7.11 Å². The Labute approximate surface area is 157 Å². The number of amidine groups is 2. The summed E-state index contributed by atoms with van der Waals surface area (Å²) in [5.41, 5.74) is 2.54. The molecule has 0 unspecified atom stereocenters. The Hall–Kier alpha value is -3.60. The van der Waals surface area contributed by atoms with Gasteiger partial charge in [-0.05, 0) is 12.1 Å². The second kappa shape index (κ2) is 7.33. The van der Waals surface area contributed by atoms with Crippen molar-refractivity contribution in [1.82, 2.24) is 5.32 Å². The van der Waals surface area contributed by atoms with Crippen LogP contribution in [-0.4, -0.2) is 23.9 Å². The van der Waals surface area contributed by atoms with Crippen LogP contribution < -0.4 is 10.1 Å². The third-order valence-electron chi connectivity index (χ3n) is 4.35. The third kappa shape index (κ3) is 3.53. The van der Waals surface area contributed by atoms with Gasteiger partial charge in [-0.3, -0.25) is 0 Å². The molecule has 0 radical (unpaired) electrons. The summed E-state index contributed by atoms with van der Waals surface area (Å²) >= 11 is 0. The lowest BCUT2D eigenvalue weighted by Gasteiger charge is -2.22. The van der Waals surface area contributed by atoms with Gasteiger partial charge in [0.15, 0.2) is 6.17 Å². The number of rotatable bonds is 4. The molecule has 0 fully saturated rings. The van der Waals surface area contributed by atoms with Gasteiger partial charge in [0.25, 0.3) is 0 Å². The molecular formula is C22H19N3O2. The summed E-state index contributed by atoms with van der Waals surface area (Å²) in [5.74, 6) is 2.12. The Bertz CT molecular complexity index is 943. The van der Waals surface area contributed by atoms with Gasteiger partial charge < -0.3 is 15.2 Å². The highest BCUT2D eigenvalue weighted by Crippen LogP contribution is 2.33. The fourth-order valence-electron chi connectivity index (χ4n) is 2.94. The minimum Gasteiger partial charge on any atom is -0.507 e. The van der Waals surface area contributed by atoms with E-state index in [9.17, 15) is 5.11 Å². The number of phenolic OH excluding ortho intramolecular Hbond substituents is 1. The second-order valence-electron chi connectivity index (χ2n) is 6.11. The van der Waals surface area contributed by atoms with Crippen molar-refractivity contribution in [3.8, 4) is 11.5 Å². The maximum atomic E-state index is 10.4. The van der Waals surface area contributed by atoms with E-state index in [1.165, 1.54) is 0 Å². The zero-order chi connectivity index (χ0) is 18.6. The molecule has 1 aliphatic rings. The molecule has 5 heteroatoms. The van der Waals surface area contributed by atoms with Gasteiger partial charge in [0.2, 0.25) is 0 Å². The van der Waals surface area contributed by atoms with Crippen molar-refractivity contribution in [1.29, 1.82) is 0 Å². The Morgan fingerprint density at radius 3 is 1.85 bits per heavy atom. The number of aliphatic imine (C=N–C) groups is 2. The normalized spacial score (nSPS) is 14.1. The maximum absolute atomic E-state index is 10.4. The molecule has 134 valence electrons. The number of benzene rings is 3. The van der Waals surface area contributed by atoms with Crippen LogP contribution in [-0.2, 0) is 0 Å². The van der Waals surface area contributed by atoms with Crippen LogP contribution in [0.15, 0.2) is 88.8 Å². The topological polar surface area (TPSA) is 66.2 Å². The van der Waals surface area contributed by atoms with E-state index < -0.39 is 6.17 Å². The van der Waals surface area contributed by atoms with Crippen molar-refractivity contribution in [3.05, 3.63) is 95.6 Å². The monoisotopic (exact) mass is 357 g/mol. The summed E-state index contributed by atoms with van der Waals surface area (Å²) in [6.45, 7) is 0. The molecule has 0 aliphatic carbocycles. The molecule has 0 saturated carbocycles. The van der Waals surface area contributed by atoms with E-state index in [0.29, 0.717) is 23.0 Å². The molecule has 4 rings (SSSR count). The molecule has 1 aliphatic heterocycles. The molecular weight excluding hydrogens is 338 g/mol. The van der Waals surface area contributed by atoms with Crippen LogP contribution in [0.2, 0.25) is 0 Å². The summed E-state index contributed by atoms with van der Waals surface area (Å²) < 4.78 is 5.17. The van der Waals surface area contributed by atoms with E-state index in [2.05, 4.69) is 5.32 Å². The number of nitrogens with one attached hydrogen (secondary N) is 1. The van der Waals surface area contributed by atoms with E-state index in [1.54, 1.807) is 25.3 Å². The molecule has 3 aromatic rings. The molecule has 0 spiro atoms. The van der Waals surface area contributed by atoms with E-state index in [-0.39, 0.29) is 5.75 Å². The number of hydrogen-bond acceptors (Lipinski definition) is 5. The number of phenols is 1. The Morgan fingerprint density at radius 2 is 1.37 bits per heavy atom. The lowest BCUT2D eigenvalue weighted by atomic mass is 10.1. The first-order valence-electron chi connectivity index (χ1n) is 8.65. The lowest BCUT2D eigenvalue weighted by molar-refractivity contribution is 0.405. The smallest absolute Gasteiger partial charge is 0.173 e. The van der Waals surface area contributed by atoms with Gasteiger partial charge in [0.1, 0.15) is 23.2 Å². The van der Waals surface area contributed by atoms with Gasteiger partial charge in [-0.25, -0.2) is 9.98 Å². The number of ether oxygens (including phenoxy) is 1. The fourth-order valence-corrected chi connectivity index (χ4v) is 2.94. The second-order valence-corrected chi connectivity index (χ2v) is 6.11. The number of aromatic hydroxyl groups is 1. The van der Waals surface area contributed by atoms with Crippen LogP contribution in [0.1, 0.15) is 22.9 Å². The number of nitrogens with zero attached hydrogens (tertiary/aromatic N) is 2. The molecule has 27 heavy (non-hydrogen) atoms. The average molecular weight is 357 g/mol. The zero-order valence-electron chi connectivity index (χ0n) is 14.8. The van der Waals surface area contributed by atoms with E-state index in [1.807, 2.05) is 60.7 Å². The quantitative estimate of drug-likeness (QED) is 0.744. The summed E-state index contributed by atoms with van der Waals surface area (Å²) in [4.78, 5) is 9.46. The first-order valence-corrected chi connectivity index (χ1v) is 8.65. The summed E-state index contributed by atoms with van der Waals surface area (Å²) in [5, 5.41) is 13.8. The predicted molar refractivity (Wildman–Crippen MR) is 106 cm³/mol. The van der Waals surface area contributed by atoms with Crippen LogP contribution in [0, 0.1) is 0 Å². The Balaban J connectivity index is 1.80. The van der Waals surface area contributed by atoms with E-state index in [4.69, 9.17) is 14.7 Å². The molecule has 0 aromatic heterocycles. The molecule has 1 heterocycles. The van der Waals surface area contributed by atoms with Gasteiger partial charge in [-0.15, -0.1) is 0 Å². The highest BCUT2D eigenvalue weighted by Gasteiger charge is 2.22. The SMILES string of the molecule is COc1ccc(C2N=C(c3ccccc3)NC(c3ccccc3)=N2)c(O)c1. The van der Waals surface area contributed by atoms with E-state index in [0.717, 1.165) is 11.1 Å². The zero-order valence-corrected chi connectivity index (χ0v) is 14.8. The van der Waals surface area contributed by atoms with Crippen molar-refractivity contribution >= 4 is 11.7 Å². The van der Waals surface area contributed by atoms with Crippen LogP contribution in [0.4, 0.5) is 0 Å². The minimum absolute atomic E-state index is 0.105. The summed E-state index contributed by atoms with van der Waals surface area (Å²) in [7, 11) is 1.57. The molecule has 0 saturated heterocycles. The molecule has 3 aromatic carbocycles. The van der Waals surface area contributed by atoms with Crippen LogP contribution in [0.3, 0.4) is 0 Å². The highest BCUT2D eigenvalue weighted by atomic mass is 16.5. The average Bonchev–Trinajstić information content (AvgIpc) is 2.74. The van der Waals surface area contributed by atoms with Gasteiger partial charge in [0, 0.05) is 22.8 Å². The molecule has 0 amide bonds. The standard InChI is InChI=1S/C22H19N3O2/c1-27-17-12-13-18(19(26)14-17)22-24-20(15-8-4-2-5-9-15)23-21(25-22)16-10-6-3-7-11-16/h2-14,22,26H,1H3,(H,23,24,25). The van der Waals surface area contributed by atoms with E-state index >= 15 is 0 Å². The summed E-state index contributed by atoms with van der Waals surface area (Å²) in [6.07, 6.45) is -0.553. The van der Waals surface area contributed by atoms with Gasteiger partial charge >= 0.3 is 0 Å². The predicted octanol–water partition coefficient (Wildman–Crippen LogP) is 3.90. The van der Waals surface area contributed by atoms with Crippen LogP contribution in [0.25, 0.3) is 0 Å². The Kier molecular flexibility index (Phi) is 4.58. The third-order valence-corrected chi connectivity index (χ3v) is 4.35. The Morgan fingerprint density at radius 1 is 0.815 bits per heavy atom. The van der Waals surface area contributed by atoms with Gasteiger partial charge in [-0.1, -0.05) is 60.7 Å². The van der Waals surface area contributed by atoms with Gasteiger partial charge in [0.05, 0.1) is 7.11 Å². The maximum Gasteiger partial charge on any atom is 0.173 e. The number of methoxy groups -OCH3 is 1. The largest absolute Gasteiger partial charge is 0.507 e. The van der Waals surface area contributed by atoms with Crippen molar-refractivity contribution in [2.24, 2.45) is 9.98 Å². The van der Waals surface area contributed by atoms with Crippen molar-refractivity contribution in [3.63, 3.8) is 0 Å². The van der Waals surface area contributed by atoms with Crippen LogP contribution >= 0.6 is 0 Å². The van der Waals surface area contributed by atoms with Crippen molar-refractivity contribution < 1.29 is 9.84 Å². The molecule has 2 N–H and O–H groups in total. The minimum atomic E-state index is -0.553. The van der Waals surface area contributed by atoms with Gasteiger partial charge in [-0.2, -0.15) is 0 Å². The lowest BCUT2D eigenvalue weighted by Crippen LogP contribution is -2.36. The van der Waals surface area contributed by atoms with Crippen LogP contribution in [0.5, 0.6) is 11.5 Å². The fraction of sp³-hybridized carbons (Fsp3) is 0.0909. The highest BCUT2D eigenvalue weighted by molar-refractivity contribution is 6.15. The molecule has 0 atom stereocenters. The molecule has 0 bridgehead atoms. The number of hydrogen-bond donors (Lipinski definition) is 2. The van der Waals surface area contributed by atoms with Crippen molar-refractivity contribution in [2.45, 2.75) is 6.17 Å². The molecule has 5 nitrogen and oxygen atoms in total. The first kappa shape index (κ1) is 16.8.